The summed E-state index contributed by atoms with van der Waals surface area (Å²) in [7, 11) is -3.88. The first-order valence-corrected chi connectivity index (χ1v) is 10.9. The SMILES string of the molecule is Cc1cccc(C(C)C)c1NC(=O)C(C)N(c1cccc([N+](=O)[O-])c1)S(C)(=O)=O. The number of para-hydroxylation sites is 1. The Hall–Kier alpha value is -2.94. The molecule has 0 aliphatic carbocycles. The van der Waals surface area contributed by atoms with Crippen LogP contribution in [-0.4, -0.2) is 31.5 Å². The van der Waals surface area contributed by atoms with Crippen molar-refractivity contribution in [1.82, 2.24) is 0 Å². The second-order valence-electron chi connectivity index (χ2n) is 7.19. The number of aryl methyl sites for hydroxylation is 1. The van der Waals surface area contributed by atoms with Crippen LogP contribution in [-0.2, 0) is 14.8 Å². The fourth-order valence-corrected chi connectivity index (χ4v) is 4.29. The highest BCUT2D eigenvalue weighted by Crippen LogP contribution is 2.29. The van der Waals surface area contributed by atoms with Crippen LogP contribution in [0.4, 0.5) is 17.1 Å². The van der Waals surface area contributed by atoms with Crippen LogP contribution >= 0.6 is 0 Å². The Morgan fingerprint density at radius 2 is 1.76 bits per heavy atom. The fraction of sp³-hybridized carbons (Fsp3) is 0.350. The Balaban J connectivity index is 2.44. The molecule has 0 aromatic heterocycles. The standard InChI is InChI=1S/C20H25N3O5S/c1-13(2)18-11-6-8-14(3)19(18)21-20(24)15(4)22(29(5,27)28)16-9-7-10-17(12-16)23(25)26/h6-13,15H,1-5H3,(H,21,24). The minimum Gasteiger partial charge on any atom is -0.324 e. The largest absolute Gasteiger partial charge is 0.324 e. The maximum atomic E-state index is 13.0. The number of nitrogens with zero attached hydrogens (tertiary/aromatic N) is 2. The lowest BCUT2D eigenvalue weighted by Crippen LogP contribution is -2.45. The summed E-state index contributed by atoms with van der Waals surface area (Å²) < 4.78 is 25.8. The number of sulfonamides is 1. The van der Waals surface area contributed by atoms with Gasteiger partial charge >= 0.3 is 0 Å². The summed E-state index contributed by atoms with van der Waals surface area (Å²) in [5.74, 6) is -0.374. The van der Waals surface area contributed by atoms with E-state index < -0.39 is 26.9 Å². The Labute approximate surface area is 170 Å². The molecule has 0 bridgehead atoms. The third kappa shape index (κ3) is 5.11. The number of rotatable bonds is 7. The molecule has 2 aromatic rings. The van der Waals surface area contributed by atoms with E-state index in [1.807, 2.05) is 39.0 Å². The summed E-state index contributed by atoms with van der Waals surface area (Å²) in [5, 5.41) is 13.9. The molecule has 2 aromatic carbocycles. The molecule has 2 rings (SSSR count). The minimum absolute atomic E-state index is 0.0539. The molecule has 1 amide bonds. The van der Waals surface area contributed by atoms with E-state index >= 15 is 0 Å². The van der Waals surface area contributed by atoms with Gasteiger partial charge in [-0.15, -0.1) is 0 Å². The highest BCUT2D eigenvalue weighted by molar-refractivity contribution is 7.92. The van der Waals surface area contributed by atoms with Gasteiger partial charge < -0.3 is 5.32 Å². The lowest BCUT2D eigenvalue weighted by molar-refractivity contribution is -0.384. The number of benzene rings is 2. The maximum Gasteiger partial charge on any atom is 0.271 e. The average molecular weight is 420 g/mol. The van der Waals surface area contributed by atoms with E-state index in [0.29, 0.717) is 5.69 Å². The van der Waals surface area contributed by atoms with Crippen LogP contribution in [0.25, 0.3) is 0 Å². The highest BCUT2D eigenvalue weighted by atomic mass is 32.2. The molecule has 1 unspecified atom stereocenters. The first-order valence-electron chi connectivity index (χ1n) is 9.07. The summed E-state index contributed by atoms with van der Waals surface area (Å²) >= 11 is 0. The molecule has 29 heavy (non-hydrogen) atoms. The average Bonchev–Trinajstić information content (AvgIpc) is 2.62. The number of hydrogen-bond donors (Lipinski definition) is 1. The summed E-state index contributed by atoms with van der Waals surface area (Å²) in [6.07, 6.45) is 0.961. The molecule has 1 atom stereocenters. The van der Waals surface area contributed by atoms with E-state index in [4.69, 9.17) is 0 Å². The fourth-order valence-electron chi connectivity index (χ4n) is 3.12. The van der Waals surface area contributed by atoms with Crippen LogP contribution < -0.4 is 9.62 Å². The first kappa shape index (κ1) is 22.4. The van der Waals surface area contributed by atoms with E-state index in [0.717, 1.165) is 27.8 Å². The molecule has 0 aliphatic rings. The quantitative estimate of drug-likeness (QED) is 0.542. The lowest BCUT2D eigenvalue weighted by atomic mass is 9.98. The van der Waals surface area contributed by atoms with Gasteiger partial charge in [0.15, 0.2) is 0 Å². The van der Waals surface area contributed by atoms with Crippen molar-refractivity contribution >= 4 is 33.0 Å². The first-order chi connectivity index (χ1) is 13.4. The van der Waals surface area contributed by atoms with Crippen LogP contribution in [0.5, 0.6) is 0 Å². The molecule has 0 aliphatic heterocycles. The maximum absolute atomic E-state index is 13.0. The predicted octanol–water partition coefficient (Wildman–Crippen LogP) is 3.82. The molecule has 0 saturated heterocycles. The molecule has 0 fully saturated rings. The third-order valence-electron chi connectivity index (χ3n) is 4.56. The van der Waals surface area contributed by atoms with Crippen molar-refractivity contribution < 1.29 is 18.1 Å². The van der Waals surface area contributed by atoms with E-state index in [1.54, 1.807) is 0 Å². The zero-order valence-electron chi connectivity index (χ0n) is 17.0. The van der Waals surface area contributed by atoms with Crippen molar-refractivity contribution in [2.45, 2.75) is 39.7 Å². The number of nitro groups is 1. The van der Waals surface area contributed by atoms with Gasteiger partial charge in [-0.2, -0.15) is 0 Å². The summed E-state index contributed by atoms with van der Waals surface area (Å²) in [6, 6.07) is 9.75. The van der Waals surface area contributed by atoms with E-state index in [-0.39, 0.29) is 17.3 Å². The number of non-ortho nitro benzene ring substituents is 1. The smallest absolute Gasteiger partial charge is 0.271 e. The van der Waals surface area contributed by atoms with Gasteiger partial charge in [0.2, 0.25) is 15.9 Å². The molecule has 9 heteroatoms. The number of amides is 1. The van der Waals surface area contributed by atoms with Crippen molar-refractivity contribution in [2.75, 3.05) is 15.9 Å². The van der Waals surface area contributed by atoms with Gasteiger partial charge in [-0.05, 0) is 37.0 Å². The van der Waals surface area contributed by atoms with Crippen LogP contribution in [0.1, 0.15) is 37.8 Å². The summed E-state index contributed by atoms with van der Waals surface area (Å²) in [4.78, 5) is 23.4. The van der Waals surface area contributed by atoms with Crippen molar-refractivity contribution in [1.29, 1.82) is 0 Å². The summed E-state index contributed by atoms with van der Waals surface area (Å²) in [6.45, 7) is 7.31. The molecule has 1 N–H and O–H groups in total. The van der Waals surface area contributed by atoms with Gasteiger partial charge in [0.05, 0.1) is 16.9 Å². The number of carbonyl (C=O) groups is 1. The monoisotopic (exact) mass is 419 g/mol. The molecule has 0 saturated carbocycles. The van der Waals surface area contributed by atoms with Crippen molar-refractivity contribution in [2.24, 2.45) is 0 Å². The van der Waals surface area contributed by atoms with E-state index in [2.05, 4.69) is 5.32 Å². The third-order valence-corrected chi connectivity index (χ3v) is 5.80. The Kier molecular flexibility index (Phi) is 6.63. The second kappa shape index (κ2) is 8.60. The van der Waals surface area contributed by atoms with Gasteiger partial charge in [0.25, 0.3) is 5.69 Å². The molecule has 0 spiro atoms. The predicted molar refractivity (Wildman–Crippen MR) is 114 cm³/mol. The highest BCUT2D eigenvalue weighted by Gasteiger charge is 2.30. The van der Waals surface area contributed by atoms with Gasteiger partial charge in [-0.3, -0.25) is 19.2 Å². The number of hydrogen-bond acceptors (Lipinski definition) is 5. The van der Waals surface area contributed by atoms with Gasteiger partial charge in [-0.25, -0.2) is 8.42 Å². The molecule has 0 heterocycles. The van der Waals surface area contributed by atoms with Gasteiger partial charge in [0.1, 0.15) is 6.04 Å². The van der Waals surface area contributed by atoms with Gasteiger partial charge in [0, 0.05) is 17.8 Å². The molecule has 8 nitrogen and oxygen atoms in total. The Bertz CT molecular complexity index is 1030. The molecular formula is C20H25N3O5S. The van der Waals surface area contributed by atoms with Crippen LogP contribution in [0.2, 0.25) is 0 Å². The van der Waals surface area contributed by atoms with Crippen molar-refractivity contribution in [3.05, 3.63) is 63.7 Å². The lowest BCUT2D eigenvalue weighted by Gasteiger charge is -2.28. The molecule has 0 radical (unpaired) electrons. The van der Waals surface area contributed by atoms with Crippen LogP contribution in [0.15, 0.2) is 42.5 Å². The Morgan fingerprint density at radius 3 is 2.31 bits per heavy atom. The van der Waals surface area contributed by atoms with Crippen LogP contribution in [0.3, 0.4) is 0 Å². The van der Waals surface area contributed by atoms with E-state index in [9.17, 15) is 23.3 Å². The molecular weight excluding hydrogens is 394 g/mol. The normalized spacial score (nSPS) is 12.5. The van der Waals surface area contributed by atoms with Gasteiger partial charge in [-0.1, -0.05) is 38.1 Å². The number of nitro benzene ring substituents is 1. The number of anilines is 2. The summed E-state index contributed by atoms with van der Waals surface area (Å²) in [5.41, 5.74) is 2.24. The zero-order chi connectivity index (χ0) is 21.9. The Morgan fingerprint density at radius 1 is 1.14 bits per heavy atom. The second-order valence-corrected chi connectivity index (χ2v) is 9.05. The van der Waals surface area contributed by atoms with E-state index in [1.165, 1.54) is 25.1 Å². The topological polar surface area (TPSA) is 110 Å². The van der Waals surface area contributed by atoms with Crippen molar-refractivity contribution in [3.63, 3.8) is 0 Å². The minimum atomic E-state index is -3.88. The van der Waals surface area contributed by atoms with Crippen molar-refractivity contribution in [3.8, 4) is 0 Å². The zero-order valence-corrected chi connectivity index (χ0v) is 17.9. The van der Waals surface area contributed by atoms with Crippen LogP contribution in [0, 0.1) is 17.0 Å². The molecule has 156 valence electrons. The number of nitrogens with one attached hydrogen (secondary N) is 1. The number of carbonyl (C=O) groups excluding carboxylic acids is 1.